The van der Waals surface area contributed by atoms with Crippen molar-refractivity contribution in [3.63, 3.8) is 0 Å². The van der Waals surface area contributed by atoms with Crippen molar-refractivity contribution in [2.45, 2.75) is 45.8 Å². The zero-order chi connectivity index (χ0) is 13.8. The second-order valence-corrected chi connectivity index (χ2v) is 6.00. The summed E-state index contributed by atoms with van der Waals surface area (Å²) in [4.78, 5) is 2.47. The van der Waals surface area contributed by atoms with Crippen LogP contribution in [0.25, 0.3) is 0 Å². The Bertz CT molecular complexity index is 405. The Morgan fingerprint density at radius 1 is 1.42 bits per heavy atom. The molecule has 0 aromatic heterocycles. The van der Waals surface area contributed by atoms with Gasteiger partial charge in [-0.25, -0.2) is 4.39 Å². The van der Waals surface area contributed by atoms with Crippen LogP contribution in [0.4, 0.5) is 4.39 Å². The molecule has 0 saturated carbocycles. The van der Waals surface area contributed by atoms with Crippen molar-refractivity contribution >= 4 is 0 Å². The molecule has 2 unspecified atom stereocenters. The van der Waals surface area contributed by atoms with Crippen LogP contribution >= 0.6 is 0 Å². The molecule has 1 N–H and O–H groups in total. The molecule has 0 aliphatic carbocycles. The first-order valence-electron chi connectivity index (χ1n) is 7.28. The standard InChI is InChI=1S/C16H25FN2/c1-12(2)16-11-19(13(3)7-8-18-16)10-14-5-4-6-15(17)9-14/h4-6,9,12-13,16,18H,7-8,10-11H2,1-3H3. The lowest BCUT2D eigenvalue weighted by Crippen LogP contribution is -2.42. The molecule has 2 rings (SSSR count). The number of benzene rings is 1. The topological polar surface area (TPSA) is 15.3 Å². The fourth-order valence-electron chi connectivity index (χ4n) is 2.69. The lowest BCUT2D eigenvalue weighted by molar-refractivity contribution is 0.184. The van der Waals surface area contributed by atoms with Crippen LogP contribution in [0.3, 0.4) is 0 Å². The van der Waals surface area contributed by atoms with Gasteiger partial charge in [-0.1, -0.05) is 26.0 Å². The quantitative estimate of drug-likeness (QED) is 0.902. The van der Waals surface area contributed by atoms with E-state index in [-0.39, 0.29) is 5.82 Å². The number of hydrogen-bond donors (Lipinski definition) is 1. The molecule has 2 atom stereocenters. The molecule has 0 radical (unpaired) electrons. The number of halogens is 1. The molecule has 1 aromatic carbocycles. The average Bonchev–Trinajstić information content (AvgIpc) is 2.52. The summed E-state index contributed by atoms with van der Waals surface area (Å²) in [5.74, 6) is 0.485. The smallest absolute Gasteiger partial charge is 0.123 e. The summed E-state index contributed by atoms with van der Waals surface area (Å²) in [6.45, 7) is 9.73. The van der Waals surface area contributed by atoms with Gasteiger partial charge in [-0.2, -0.15) is 0 Å². The Morgan fingerprint density at radius 3 is 2.89 bits per heavy atom. The van der Waals surface area contributed by atoms with Crippen molar-refractivity contribution in [1.82, 2.24) is 10.2 Å². The third-order valence-corrected chi connectivity index (χ3v) is 4.10. The van der Waals surface area contributed by atoms with Crippen molar-refractivity contribution in [2.75, 3.05) is 13.1 Å². The summed E-state index contributed by atoms with van der Waals surface area (Å²) in [6, 6.07) is 8.03. The normalized spacial score (nSPS) is 25.5. The largest absolute Gasteiger partial charge is 0.312 e. The summed E-state index contributed by atoms with van der Waals surface area (Å²) in [7, 11) is 0. The van der Waals surface area contributed by atoms with E-state index in [1.54, 1.807) is 12.1 Å². The number of nitrogens with one attached hydrogen (secondary N) is 1. The molecule has 1 aromatic rings. The van der Waals surface area contributed by atoms with Crippen LogP contribution in [0.15, 0.2) is 24.3 Å². The maximum absolute atomic E-state index is 13.3. The van der Waals surface area contributed by atoms with Gasteiger partial charge in [-0.05, 0) is 43.5 Å². The van der Waals surface area contributed by atoms with E-state index in [0.29, 0.717) is 18.0 Å². The van der Waals surface area contributed by atoms with Gasteiger partial charge in [0.2, 0.25) is 0 Å². The fraction of sp³-hybridized carbons (Fsp3) is 0.625. The number of rotatable bonds is 3. The fourth-order valence-corrected chi connectivity index (χ4v) is 2.69. The first-order chi connectivity index (χ1) is 9.06. The van der Waals surface area contributed by atoms with Gasteiger partial charge in [0.1, 0.15) is 5.82 Å². The van der Waals surface area contributed by atoms with E-state index in [1.165, 1.54) is 6.07 Å². The third-order valence-electron chi connectivity index (χ3n) is 4.10. The van der Waals surface area contributed by atoms with E-state index < -0.39 is 0 Å². The minimum atomic E-state index is -0.140. The van der Waals surface area contributed by atoms with Gasteiger partial charge >= 0.3 is 0 Å². The molecular weight excluding hydrogens is 239 g/mol. The molecule has 106 valence electrons. The second-order valence-electron chi connectivity index (χ2n) is 6.00. The molecule has 0 bridgehead atoms. The highest BCUT2D eigenvalue weighted by atomic mass is 19.1. The first kappa shape index (κ1) is 14.5. The van der Waals surface area contributed by atoms with Crippen molar-refractivity contribution in [3.8, 4) is 0 Å². The van der Waals surface area contributed by atoms with E-state index in [1.807, 2.05) is 6.07 Å². The summed E-state index contributed by atoms with van der Waals surface area (Å²) in [6.07, 6.45) is 1.15. The van der Waals surface area contributed by atoms with Gasteiger partial charge in [0, 0.05) is 25.2 Å². The molecule has 1 heterocycles. The molecule has 3 heteroatoms. The predicted molar refractivity (Wildman–Crippen MR) is 77.5 cm³/mol. The van der Waals surface area contributed by atoms with Crippen LogP contribution in [0.1, 0.15) is 32.8 Å². The van der Waals surface area contributed by atoms with Gasteiger partial charge in [0.05, 0.1) is 0 Å². The first-order valence-corrected chi connectivity index (χ1v) is 7.28. The molecule has 1 fully saturated rings. The Morgan fingerprint density at radius 2 is 2.21 bits per heavy atom. The Balaban J connectivity index is 2.07. The van der Waals surface area contributed by atoms with Gasteiger partial charge in [-0.3, -0.25) is 4.90 Å². The van der Waals surface area contributed by atoms with E-state index in [0.717, 1.165) is 31.6 Å². The van der Waals surface area contributed by atoms with E-state index in [9.17, 15) is 4.39 Å². The molecule has 1 aliphatic rings. The number of hydrogen-bond acceptors (Lipinski definition) is 2. The summed E-state index contributed by atoms with van der Waals surface area (Å²) < 4.78 is 13.3. The van der Waals surface area contributed by atoms with Gasteiger partial charge < -0.3 is 5.32 Å². The molecule has 1 aliphatic heterocycles. The summed E-state index contributed by atoms with van der Waals surface area (Å²) in [5.41, 5.74) is 1.07. The zero-order valence-corrected chi connectivity index (χ0v) is 12.2. The maximum atomic E-state index is 13.3. The van der Waals surface area contributed by atoms with Crippen LogP contribution < -0.4 is 5.32 Å². The molecule has 0 spiro atoms. The lowest BCUT2D eigenvalue weighted by atomic mass is 10.0. The summed E-state index contributed by atoms with van der Waals surface area (Å²) in [5, 5.41) is 3.62. The molecule has 0 amide bonds. The average molecular weight is 264 g/mol. The van der Waals surface area contributed by atoms with Crippen LogP contribution in [0, 0.1) is 11.7 Å². The highest BCUT2D eigenvalue weighted by molar-refractivity contribution is 5.16. The Kier molecular flexibility index (Phi) is 4.94. The van der Waals surface area contributed by atoms with Crippen molar-refractivity contribution in [3.05, 3.63) is 35.6 Å². The Labute approximate surface area is 116 Å². The third kappa shape index (κ3) is 4.02. The monoisotopic (exact) mass is 264 g/mol. The SMILES string of the molecule is CC(C)C1CN(Cc2cccc(F)c2)C(C)CCN1. The zero-order valence-electron chi connectivity index (χ0n) is 12.2. The van der Waals surface area contributed by atoms with Crippen LogP contribution in [-0.2, 0) is 6.54 Å². The van der Waals surface area contributed by atoms with Gasteiger partial charge in [-0.15, -0.1) is 0 Å². The highest BCUT2D eigenvalue weighted by Crippen LogP contribution is 2.17. The van der Waals surface area contributed by atoms with Crippen LogP contribution in [0.2, 0.25) is 0 Å². The second kappa shape index (κ2) is 6.49. The van der Waals surface area contributed by atoms with Crippen molar-refractivity contribution in [2.24, 2.45) is 5.92 Å². The molecule has 2 nitrogen and oxygen atoms in total. The van der Waals surface area contributed by atoms with Crippen molar-refractivity contribution < 1.29 is 4.39 Å². The van der Waals surface area contributed by atoms with Gasteiger partial charge in [0.25, 0.3) is 0 Å². The van der Waals surface area contributed by atoms with Crippen LogP contribution in [-0.4, -0.2) is 30.1 Å². The number of nitrogens with zero attached hydrogens (tertiary/aromatic N) is 1. The molecular formula is C16H25FN2. The predicted octanol–water partition coefficient (Wildman–Crippen LogP) is 3.03. The van der Waals surface area contributed by atoms with E-state index in [4.69, 9.17) is 0 Å². The van der Waals surface area contributed by atoms with Gasteiger partial charge in [0.15, 0.2) is 0 Å². The maximum Gasteiger partial charge on any atom is 0.123 e. The van der Waals surface area contributed by atoms with E-state index in [2.05, 4.69) is 31.0 Å². The minimum Gasteiger partial charge on any atom is -0.312 e. The van der Waals surface area contributed by atoms with Crippen LogP contribution in [0.5, 0.6) is 0 Å². The Hall–Kier alpha value is -0.930. The highest BCUT2D eigenvalue weighted by Gasteiger charge is 2.24. The van der Waals surface area contributed by atoms with E-state index >= 15 is 0 Å². The van der Waals surface area contributed by atoms with Crippen molar-refractivity contribution in [1.29, 1.82) is 0 Å². The minimum absolute atomic E-state index is 0.140. The molecule has 1 saturated heterocycles. The molecule has 19 heavy (non-hydrogen) atoms. The summed E-state index contributed by atoms with van der Waals surface area (Å²) >= 11 is 0. The lowest BCUT2D eigenvalue weighted by Gasteiger charge is -2.30.